The fourth-order valence-electron chi connectivity index (χ4n) is 6.93. The molecule has 0 radical (unpaired) electrons. The summed E-state index contributed by atoms with van der Waals surface area (Å²) in [6.45, 7) is 1.96. The van der Waals surface area contributed by atoms with Gasteiger partial charge in [0.1, 0.15) is 28.8 Å². The van der Waals surface area contributed by atoms with Crippen LogP contribution in [0.15, 0.2) is 132 Å². The number of hydrogen-bond acceptors (Lipinski definition) is 6. The minimum Gasteiger partial charge on any atom is -0.510 e. The van der Waals surface area contributed by atoms with Crippen LogP contribution >= 0.6 is 0 Å². The predicted molar refractivity (Wildman–Crippen MR) is 199 cm³/mol. The largest absolute Gasteiger partial charge is 2.00 e. The normalized spacial score (nSPS) is 12.6. The fraction of sp³-hybridized carbons (Fsp3) is 0.0465. The Labute approximate surface area is 309 Å². The molecule has 9 rings (SSSR count). The van der Waals surface area contributed by atoms with Gasteiger partial charge in [-0.3, -0.25) is 0 Å². The van der Waals surface area contributed by atoms with Crippen molar-refractivity contribution >= 4 is 38.7 Å². The Morgan fingerprint density at radius 1 is 0.745 bits per heavy atom. The van der Waals surface area contributed by atoms with E-state index >= 15 is 0 Å². The molecular weight excluding hydrogens is 814 g/mol. The molecule has 3 heterocycles. The van der Waals surface area contributed by atoms with E-state index in [1.807, 2.05) is 108 Å². The summed E-state index contributed by atoms with van der Waals surface area (Å²) < 4.78 is 8.67. The van der Waals surface area contributed by atoms with Gasteiger partial charge in [0.05, 0.1) is 22.2 Å². The van der Waals surface area contributed by atoms with E-state index in [2.05, 4.69) is 54.6 Å². The summed E-state index contributed by atoms with van der Waals surface area (Å²) in [7, 11) is 3.92. The van der Waals surface area contributed by atoms with Gasteiger partial charge in [-0.05, 0) is 60.0 Å². The first kappa shape index (κ1) is 32.1. The standard InChI is InChI=1S/C43H29N5O2.Pt/c1-46-21-22-48(26-46)38-24-30(32-12-8-13-37-40(32)45-43(47(37)2)34-11-6-7-14-39(34)49)23-35-33-20-19-31(36(25-44)41(33)50-42(35)38)29-17-15-28(16-18-29)27-9-4-3-5-10-27;/h3-23,26,49H,1-2H3;/q-2;+2. The molecule has 0 saturated carbocycles. The van der Waals surface area contributed by atoms with Crippen molar-refractivity contribution in [3.8, 4) is 56.6 Å². The smallest absolute Gasteiger partial charge is 0.510 e. The molecule has 0 amide bonds. The second-order valence-electron chi connectivity index (χ2n) is 12.5. The average Bonchev–Trinajstić information content (AvgIpc) is 3.86. The molecule has 1 N–H and O–H groups in total. The van der Waals surface area contributed by atoms with Crippen LogP contribution in [-0.4, -0.2) is 26.6 Å². The monoisotopic (exact) mass is 842 g/mol. The third-order valence-electron chi connectivity index (χ3n) is 9.44. The van der Waals surface area contributed by atoms with Gasteiger partial charge < -0.3 is 23.9 Å². The number of aromatic nitrogens is 2. The Morgan fingerprint density at radius 2 is 1.47 bits per heavy atom. The van der Waals surface area contributed by atoms with Crippen molar-refractivity contribution in [3.05, 3.63) is 146 Å². The number of hydrogen-bond donors (Lipinski definition) is 1. The molecular formula is C43H29N5O2Pt. The zero-order valence-corrected chi connectivity index (χ0v) is 29.9. The third kappa shape index (κ3) is 5.28. The number of imidazole rings is 1. The van der Waals surface area contributed by atoms with Crippen LogP contribution < -0.4 is 4.90 Å². The number of nitrogens with zero attached hydrogens (tertiary/aromatic N) is 5. The molecule has 51 heavy (non-hydrogen) atoms. The zero-order valence-electron chi connectivity index (χ0n) is 27.6. The van der Waals surface area contributed by atoms with E-state index in [1.165, 1.54) is 0 Å². The van der Waals surface area contributed by atoms with Gasteiger partial charge in [0.15, 0.2) is 0 Å². The SMILES string of the molecule is CN1C=CN(c2[c-]c(-c3cccc4c3nc(-c3ccccc3O)n4C)cc3c2oc2c(C#N)c(-c4ccc(-c5ccccc5)cc4)ccc23)[CH-]1.[Pt+2]. The fourth-order valence-corrected chi connectivity index (χ4v) is 6.93. The maximum atomic E-state index is 10.7. The predicted octanol–water partition coefficient (Wildman–Crippen LogP) is 9.86. The summed E-state index contributed by atoms with van der Waals surface area (Å²) in [4.78, 5) is 9.00. The maximum Gasteiger partial charge on any atom is 2.00 e. The van der Waals surface area contributed by atoms with E-state index < -0.39 is 0 Å². The second-order valence-corrected chi connectivity index (χ2v) is 12.5. The van der Waals surface area contributed by atoms with Gasteiger partial charge in [0.2, 0.25) is 0 Å². The van der Waals surface area contributed by atoms with Crippen LogP contribution in [0.4, 0.5) is 5.69 Å². The van der Waals surface area contributed by atoms with Crippen LogP contribution in [0.2, 0.25) is 0 Å². The van der Waals surface area contributed by atoms with Gasteiger partial charge in [-0.15, -0.1) is 17.7 Å². The van der Waals surface area contributed by atoms with Gasteiger partial charge in [-0.25, -0.2) is 4.98 Å². The summed E-state index contributed by atoms with van der Waals surface area (Å²) in [5.74, 6) is 0.842. The maximum absolute atomic E-state index is 10.7. The number of phenolic OH excluding ortho intramolecular Hbond substituents is 1. The zero-order chi connectivity index (χ0) is 33.9. The molecule has 0 saturated heterocycles. The Morgan fingerprint density at radius 3 is 2.22 bits per heavy atom. The Bertz CT molecular complexity index is 2690. The van der Waals surface area contributed by atoms with Crippen LogP contribution in [0.3, 0.4) is 0 Å². The number of fused-ring (bicyclic) bond motifs is 4. The van der Waals surface area contributed by atoms with E-state index in [0.717, 1.165) is 60.9 Å². The van der Waals surface area contributed by atoms with Crippen LogP contribution in [-0.2, 0) is 28.1 Å². The third-order valence-corrected chi connectivity index (χ3v) is 9.44. The topological polar surface area (TPSA) is 81.5 Å². The van der Waals surface area contributed by atoms with Crippen molar-refractivity contribution in [2.75, 3.05) is 11.9 Å². The molecule has 8 heteroatoms. The Hall–Kier alpha value is -6.09. The number of aryl methyl sites for hydroxylation is 1. The van der Waals surface area contributed by atoms with Crippen molar-refractivity contribution in [3.63, 3.8) is 0 Å². The van der Waals surface area contributed by atoms with Crippen LogP contribution in [0.5, 0.6) is 5.75 Å². The molecule has 1 aliphatic heterocycles. The summed E-state index contributed by atoms with van der Waals surface area (Å²) in [5, 5.41) is 22.9. The van der Waals surface area contributed by atoms with Crippen molar-refractivity contribution < 1.29 is 30.6 Å². The number of anilines is 1. The first-order chi connectivity index (χ1) is 24.5. The summed E-state index contributed by atoms with van der Waals surface area (Å²) >= 11 is 0. The summed E-state index contributed by atoms with van der Waals surface area (Å²) in [6.07, 6.45) is 3.93. The molecule has 0 atom stereocenters. The summed E-state index contributed by atoms with van der Waals surface area (Å²) in [6, 6.07) is 44.1. The number of para-hydroxylation sites is 2. The van der Waals surface area contributed by atoms with Crippen molar-refractivity contribution in [2.24, 2.45) is 7.05 Å². The number of furan rings is 1. The molecule has 0 fully saturated rings. The van der Waals surface area contributed by atoms with Crippen LogP contribution in [0, 0.1) is 24.1 Å². The van der Waals surface area contributed by atoms with E-state index in [1.54, 1.807) is 12.1 Å². The number of rotatable bonds is 5. The van der Waals surface area contributed by atoms with Gasteiger partial charge >= 0.3 is 21.1 Å². The molecule has 0 aliphatic carbocycles. The quantitative estimate of drug-likeness (QED) is 0.174. The average molecular weight is 843 g/mol. The van der Waals surface area contributed by atoms with E-state index in [0.29, 0.717) is 28.1 Å². The van der Waals surface area contributed by atoms with Gasteiger partial charge in [-0.2, -0.15) is 11.9 Å². The molecule has 1 aliphatic rings. The van der Waals surface area contributed by atoms with Crippen LogP contribution in [0.25, 0.3) is 77.7 Å². The molecule has 0 spiro atoms. The number of benzene rings is 6. The van der Waals surface area contributed by atoms with Gasteiger partial charge in [0, 0.05) is 18.0 Å². The van der Waals surface area contributed by atoms with E-state index in [9.17, 15) is 10.4 Å². The molecule has 248 valence electrons. The first-order valence-corrected chi connectivity index (χ1v) is 16.3. The second kappa shape index (κ2) is 12.7. The van der Waals surface area contributed by atoms with Gasteiger partial charge in [-0.1, -0.05) is 102 Å². The van der Waals surface area contributed by atoms with Crippen LogP contribution in [0.1, 0.15) is 5.56 Å². The van der Waals surface area contributed by atoms with Crippen molar-refractivity contribution in [1.82, 2.24) is 14.5 Å². The van der Waals surface area contributed by atoms with E-state index in [-0.39, 0.29) is 26.8 Å². The molecule has 8 aromatic rings. The Kier molecular flexibility index (Phi) is 7.98. The minimum absolute atomic E-state index is 0. The minimum atomic E-state index is 0. The first-order valence-electron chi connectivity index (χ1n) is 16.3. The van der Waals surface area contributed by atoms with E-state index in [4.69, 9.17) is 9.40 Å². The molecule has 2 aromatic heterocycles. The Balaban J connectivity index is 0.00000374. The number of phenols is 1. The molecule has 0 bridgehead atoms. The van der Waals surface area contributed by atoms with Gasteiger partial charge in [0.25, 0.3) is 0 Å². The van der Waals surface area contributed by atoms with Crippen molar-refractivity contribution in [1.29, 1.82) is 5.26 Å². The number of aromatic hydroxyl groups is 1. The number of nitriles is 1. The molecule has 7 nitrogen and oxygen atoms in total. The molecule has 0 unspecified atom stereocenters. The molecule has 6 aromatic carbocycles. The summed E-state index contributed by atoms with van der Waals surface area (Å²) in [5.41, 5.74) is 10.5. The van der Waals surface area contributed by atoms with Crippen molar-refractivity contribution in [2.45, 2.75) is 0 Å².